The number of hydrogen-bond donors (Lipinski definition) is 1. The number of nitrogens with zero attached hydrogens (tertiary/aromatic N) is 3. The van der Waals surface area contributed by atoms with Crippen LogP contribution in [0, 0.1) is 5.92 Å². The lowest BCUT2D eigenvalue weighted by Crippen LogP contribution is -2.14. The van der Waals surface area contributed by atoms with Gasteiger partial charge in [-0.25, -0.2) is 4.52 Å². The van der Waals surface area contributed by atoms with E-state index < -0.39 is 0 Å². The van der Waals surface area contributed by atoms with Crippen LogP contribution >= 0.6 is 0 Å². The van der Waals surface area contributed by atoms with E-state index in [1.807, 2.05) is 12.3 Å². The van der Waals surface area contributed by atoms with Gasteiger partial charge in [0, 0.05) is 17.7 Å². The minimum Gasteiger partial charge on any atom is -0.293 e. The Morgan fingerprint density at radius 2 is 2.25 bits per heavy atom. The van der Waals surface area contributed by atoms with Crippen LogP contribution in [0.1, 0.15) is 45.1 Å². The summed E-state index contributed by atoms with van der Waals surface area (Å²) >= 11 is 0. The van der Waals surface area contributed by atoms with Crippen LogP contribution in [0.3, 0.4) is 0 Å². The summed E-state index contributed by atoms with van der Waals surface area (Å²) in [5.74, 6) is 0.574. The van der Waals surface area contributed by atoms with Crippen LogP contribution in [0.15, 0.2) is 42.1 Å². The molecule has 1 aliphatic rings. The van der Waals surface area contributed by atoms with Crippen molar-refractivity contribution in [3.05, 3.63) is 47.7 Å². The number of fused-ring (bicyclic) bond motifs is 1. The highest BCUT2D eigenvalue weighted by Gasteiger charge is 2.30. The largest absolute Gasteiger partial charge is 0.293 e. The van der Waals surface area contributed by atoms with Crippen LogP contribution in [0.2, 0.25) is 0 Å². The maximum atomic E-state index is 11.9. The Balaban J connectivity index is 1.75. The van der Waals surface area contributed by atoms with Gasteiger partial charge >= 0.3 is 0 Å². The van der Waals surface area contributed by atoms with E-state index in [0.29, 0.717) is 5.95 Å². The molecule has 0 aromatic carbocycles. The monoisotopic (exact) mass is 324 g/mol. The highest BCUT2D eigenvalue weighted by atomic mass is 16.2. The molecule has 2 aromatic rings. The molecule has 0 spiro atoms. The molecule has 2 aromatic heterocycles. The molecule has 5 heteroatoms. The minimum atomic E-state index is 0.0321. The third-order valence-corrected chi connectivity index (χ3v) is 4.17. The van der Waals surface area contributed by atoms with Crippen molar-refractivity contribution < 1.29 is 4.79 Å². The summed E-state index contributed by atoms with van der Waals surface area (Å²) < 4.78 is 1.73. The first-order valence-corrected chi connectivity index (χ1v) is 8.72. The summed E-state index contributed by atoms with van der Waals surface area (Å²) in [4.78, 5) is 16.3. The Bertz CT molecular complexity index is 784. The Morgan fingerprint density at radius 1 is 1.42 bits per heavy atom. The lowest BCUT2D eigenvalue weighted by atomic mass is 10.1. The molecule has 5 nitrogen and oxygen atoms in total. The van der Waals surface area contributed by atoms with Gasteiger partial charge in [0.1, 0.15) is 0 Å². The Hall–Kier alpha value is -2.43. The van der Waals surface area contributed by atoms with Crippen molar-refractivity contribution >= 4 is 17.5 Å². The summed E-state index contributed by atoms with van der Waals surface area (Å²) in [6.07, 6.45) is 13.3. The van der Waals surface area contributed by atoms with Gasteiger partial charge in [-0.3, -0.25) is 10.1 Å². The van der Waals surface area contributed by atoms with Crippen molar-refractivity contribution in [1.82, 2.24) is 14.6 Å². The molecular formula is C19H24N4O. The highest BCUT2D eigenvalue weighted by Crippen LogP contribution is 2.29. The number of carbonyl (C=O) groups is 1. The Kier molecular flexibility index (Phi) is 5.08. The molecule has 2 heterocycles. The van der Waals surface area contributed by atoms with Gasteiger partial charge < -0.3 is 0 Å². The first-order chi connectivity index (χ1) is 11.7. The Morgan fingerprint density at radius 3 is 2.96 bits per heavy atom. The van der Waals surface area contributed by atoms with E-state index in [2.05, 4.69) is 53.5 Å². The summed E-state index contributed by atoms with van der Waals surface area (Å²) in [6.45, 7) is 4.32. The summed E-state index contributed by atoms with van der Waals surface area (Å²) in [6, 6.07) is 4.01. The predicted molar refractivity (Wildman–Crippen MR) is 95.8 cm³/mol. The molecule has 0 unspecified atom stereocenters. The zero-order valence-electron chi connectivity index (χ0n) is 14.3. The standard InChI is InChI=1S/C19H24N4O/c1-3-7-14(4-2)8-5-9-15-10-6-13-23-17(15)20-19(22-23)21-18(24)16-11-12-16/h5-8,10,13,16H,3-4,9,11-12H2,1-2H3,(H,21,22,24). The number of aromatic nitrogens is 3. The number of nitrogens with one attached hydrogen (secondary N) is 1. The fraction of sp³-hybridized carbons (Fsp3) is 0.421. The molecule has 1 saturated carbocycles. The summed E-state index contributed by atoms with van der Waals surface area (Å²) in [5, 5.41) is 7.16. The van der Waals surface area contributed by atoms with Gasteiger partial charge in [0.05, 0.1) is 0 Å². The van der Waals surface area contributed by atoms with Gasteiger partial charge in [-0.2, -0.15) is 4.98 Å². The average Bonchev–Trinajstić information content (AvgIpc) is 3.35. The van der Waals surface area contributed by atoms with E-state index in [9.17, 15) is 4.79 Å². The number of carbonyl (C=O) groups excluding carboxylic acids is 1. The number of amides is 1. The fourth-order valence-corrected chi connectivity index (χ4v) is 2.66. The summed E-state index contributed by atoms with van der Waals surface area (Å²) in [7, 11) is 0. The number of allylic oxidation sites excluding steroid dienone is 4. The molecule has 1 aliphatic carbocycles. The van der Waals surface area contributed by atoms with E-state index in [4.69, 9.17) is 0 Å². The first kappa shape index (κ1) is 16.4. The van der Waals surface area contributed by atoms with Gasteiger partial charge in [0.2, 0.25) is 11.9 Å². The number of pyridine rings is 1. The molecule has 1 amide bonds. The maximum Gasteiger partial charge on any atom is 0.249 e. The molecule has 3 rings (SSSR count). The first-order valence-electron chi connectivity index (χ1n) is 8.72. The van der Waals surface area contributed by atoms with Crippen LogP contribution in [-0.4, -0.2) is 20.5 Å². The zero-order valence-corrected chi connectivity index (χ0v) is 14.3. The molecule has 0 bridgehead atoms. The third kappa shape index (κ3) is 3.91. The van der Waals surface area contributed by atoms with E-state index in [-0.39, 0.29) is 11.8 Å². The van der Waals surface area contributed by atoms with Crippen molar-refractivity contribution in [2.45, 2.75) is 46.0 Å². The molecule has 0 radical (unpaired) electrons. The second-order valence-corrected chi connectivity index (χ2v) is 6.15. The molecule has 0 aliphatic heterocycles. The second kappa shape index (κ2) is 7.43. The topological polar surface area (TPSA) is 59.3 Å². The van der Waals surface area contributed by atoms with E-state index in [1.54, 1.807) is 4.52 Å². The molecular weight excluding hydrogens is 300 g/mol. The molecule has 1 fully saturated rings. The third-order valence-electron chi connectivity index (χ3n) is 4.17. The van der Waals surface area contributed by atoms with Gasteiger partial charge in [-0.1, -0.05) is 43.7 Å². The average molecular weight is 324 g/mol. The van der Waals surface area contributed by atoms with Crippen molar-refractivity contribution in [1.29, 1.82) is 0 Å². The highest BCUT2D eigenvalue weighted by molar-refractivity contribution is 5.92. The SMILES string of the molecule is CCC=C(C=CCc1cccn2nc(NC(=O)C3CC3)nc12)CC. The van der Waals surface area contributed by atoms with Crippen molar-refractivity contribution in [3.63, 3.8) is 0 Å². The van der Waals surface area contributed by atoms with Gasteiger partial charge in [0.15, 0.2) is 5.65 Å². The van der Waals surface area contributed by atoms with E-state index >= 15 is 0 Å². The van der Waals surface area contributed by atoms with Gasteiger partial charge in [-0.05, 0) is 38.2 Å². The van der Waals surface area contributed by atoms with Crippen LogP contribution in [0.5, 0.6) is 0 Å². The zero-order chi connectivity index (χ0) is 16.9. The summed E-state index contributed by atoms with van der Waals surface area (Å²) in [5.41, 5.74) is 3.24. The van der Waals surface area contributed by atoms with Crippen molar-refractivity contribution in [2.24, 2.45) is 5.92 Å². The molecule has 0 saturated heterocycles. The quantitative estimate of drug-likeness (QED) is 0.785. The smallest absolute Gasteiger partial charge is 0.249 e. The van der Waals surface area contributed by atoms with Crippen molar-refractivity contribution in [3.8, 4) is 0 Å². The maximum absolute atomic E-state index is 11.9. The fourth-order valence-electron chi connectivity index (χ4n) is 2.66. The van der Waals surface area contributed by atoms with Gasteiger partial charge in [-0.15, -0.1) is 5.10 Å². The predicted octanol–water partition coefficient (Wildman–Crippen LogP) is 3.92. The van der Waals surface area contributed by atoms with Crippen LogP contribution in [0.4, 0.5) is 5.95 Å². The van der Waals surface area contributed by atoms with E-state index in [1.165, 1.54) is 5.57 Å². The molecule has 126 valence electrons. The van der Waals surface area contributed by atoms with Gasteiger partial charge in [0.25, 0.3) is 0 Å². The normalized spacial score (nSPS) is 15.3. The molecule has 24 heavy (non-hydrogen) atoms. The lowest BCUT2D eigenvalue weighted by Gasteiger charge is -1.99. The molecule has 1 N–H and O–H groups in total. The Labute approximate surface area is 142 Å². The number of hydrogen-bond acceptors (Lipinski definition) is 3. The van der Waals surface area contributed by atoms with E-state index in [0.717, 1.165) is 43.3 Å². The number of rotatable bonds is 7. The van der Waals surface area contributed by atoms with Crippen molar-refractivity contribution in [2.75, 3.05) is 5.32 Å². The second-order valence-electron chi connectivity index (χ2n) is 6.15. The number of anilines is 1. The molecule has 0 atom stereocenters. The van der Waals surface area contributed by atoms with Crippen LogP contribution in [-0.2, 0) is 11.2 Å². The minimum absolute atomic E-state index is 0.0321. The van der Waals surface area contributed by atoms with Crippen LogP contribution < -0.4 is 5.32 Å². The lowest BCUT2D eigenvalue weighted by molar-refractivity contribution is -0.117. The van der Waals surface area contributed by atoms with Crippen LogP contribution in [0.25, 0.3) is 5.65 Å².